The van der Waals surface area contributed by atoms with E-state index < -0.39 is 5.97 Å². The van der Waals surface area contributed by atoms with Crippen LogP contribution in [-0.4, -0.2) is 13.1 Å². The number of methoxy groups -OCH3 is 1. The largest absolute Gasteiger partial charge is 0.465 e. The third-order valence-corrected chi connectivity index (χ3v) is 3.43. The van der Waals surface area contributed by atoms with Crippen LogP contribution >= 0.6 is 35.2 Å². The van der Waals surface area contributed by atoms with Crippen LogP contribution < -0.4 is 0 Å². The van der Waals surface area contributed by atoms with E-state index in [9.17, 15) is 4.79 Å². The number of carbonyl (C=O) groups is 1. The van der Waals surface area contributed by atoms with Crippen LogP contribution in [0.4, 0.5) is 0 Å². The molecule has 1 rings (SSSR count). The molecular weight excluding hydrogens is 313 g/mol. The predicted molar refractivity (Wildman–Crippen MR) is 62.5 cm³/mol. The van der Waals surface area contributed by atoms with Crippen LogP contribution in [0.25, 0.3) is 0 Å². The Bertz CT molecular complexity index is 426. The molecule has 0 aliphatic rings. The van der Waals surface area contributed by atoms with E-state index in [1.54, 1.807) is 12.1 Å². The van der Waals surface area contributed by atoms with Gasteiger partial charge in [0.25, 0.3) is 0 Å². The van der Waals surface area contributed by atoms with Crippen molar-refractivity contribution in [3.63, 3.8) is 0 Å². The Balaban J connectivity index is 3.45. The molecule has 0 heterocycles. The van der Waals surface area contributed by atoms with Crippen molar-refractivity contribution in [3.05, 3.63) is 26.8 Å². The number of hydrogen-bond acceptors (Lipinski definition) is 4. The highest BCUT2D eigenvalue weighted by atomic mass is 127. The smallest absolute Gasteiger partial charge is 0.340 e. The SMILES string of the molecule is COC(=O)c1c(C#N)ccc(I)c1S. The number of halogens is 1. The first-order valence-corrected chi connectivity index (χ1v) is 5.14. The number of benzene rings is 1. The first-order valence-electron chi connectivity index (χ1n) is 3.61. The summed E-state index contributed by atoms with van der Waals surface area (Å²) in [6.45, 7) is 0. The zero-order chi connectivity index (χ0) is 10.7. The van der Waals surface area contributed by atoms with E-state index in [0.29, 0.717) is 4.90 Å². The van der Waals surface area contributed by atoms with Gasteiger partial charge in [0, 0.05) is 8.47 Å². The Morgan fingerprint density at radius 2 is 2.29 bits per heavy atom. The summed E-state index contributed by atoms with van der Waals surface area (Å²) in [6.07, 6.45) is 0. The van der Waals surface area contributed by atoms with Crippen molar-refractivity contribution in [2.75, 3.05) is 7.11 Å². The molecule has 0 aromatic heterocycles. The maximum atomic E-state index is 11.3. The first-order chi connectivity index (χ1) is 6.61. The summed E-state index contributed by atoms with van der Waals surface area (Å²) in [5.74, 6) is -0.537. The fraction of sp³-hybridized carbons (Fsp3) is 0.111. The third-order valence-electron chi connectivity index (χ3n) is 1.64. The van der Waals surface area contributed by atoms with Crippen molar-refractivity contribution >= 4 is 41.2 Å². The highest BCUT2D eigenvalue weighted by Crippen LogP contribution is 2.24. The Hall–Kier alpha value is -0.740. The molecule has 0 radical (unpaired) electrons. The summed E-state index contributed by atoms with van der Waals surface area (Å²) in [5.41, 5.74) is 0.507. The number of thiol groups is 1. The second-order valence-electron chi connectivity index (χ2n) is 2.42. The molecule has 5 heteroatoms. The monoisotopic (exact) mass is 319 g/mol. The molecule has 0 spiro atoms. The summed E-state index contributed by atoms with van der Waals surface area (Å²) in [5, 5.41) is 8.78. The van der Waals surface area contributed by atoms with Crippen molar-refractivity contribution in [2.45, 2.75) is 4.90 Å². The van der Waals surface area contributed by atoms with Gasteiger partial charge in [-0.25, -0.2) is 4.79 Å². The van der Waals surface area contributed by atoms with Crippen molar-refractivity contribution in [2.24, 2.45) is 0 Å². The number of carbonyl (C=O) groups excluding carboxylic acids is 1. The van der Waals surface area contributed by atoms with Gasteiger partial charge in [0.05, 0.1) is 18.2 Å². The van der Waals surface area contributed by atoms with Crippen LogP contribution in [0.15, 0.2) is 17.0 Å². The number of nitrogens with zero attached hydrogens (tertiary/aromatic N) is 1. The molecule has 0 saturated carbocycles. The fourth-order valence-corrected chi connectivity index (χ4v) is 1.70. The van der Waals surface area contributed by atoms with E-state index in [0.717, 1.165) is 3.57 Å². The number of hydrogen-bond donors (Lipinski definition) is 1. The zero-order valence-electron chi connectivity index (χ0n) is 7.24. The quantitative estimate of drug-likeness (QED) is 0.491. The summed E-state index contributed by atoms with van der Waals surface area (Å²) >= 11 is 6.21. The molecule has 14 heavy (non-hydrogen) atoms. The summed E-state index contributed by atoms with van der Waals surface area (Å²) in [4.78, 5) is 11.8. The highest BCUT2D eigenvalue weighted by Gasteiger charge is 2.17. The van der Waals surface area contributed by atoms with Gasteiger partial charge in [-0.05, 0) is 34.7 Å². The van der Waals surface area contributed by atoms with E-state index in [2.05, 4.69) is 17.4 Å². The van der Waals surface area contributed by atoms with Gasteiger partial charge in [-0.1, -0.05) is 0 Å². The number of esters is 1. The first kappa shape index (κ1) is 11.3. The molecule has 3 nitrogen and oxygen atoms in total. The fourth-order valence-electron chi connectivity index (χ4n) is 0.968. The standard InChI is InChI=1S/C9H6INO2S/c1-13-9(12)7-5(4-11)2-3-6(10)8(7)14/h2-3,14H,1H3. The minimum absolute atomic E-state index is 0.227. The van der Waals surface area contributed by atoms with Crippen molar-refractivity contribution in [1.29, 1.82) is 5.26 Å². The van der Waals surface area contributed by atoms with Gasteiger partial charge in [0.1, 0.15) is 6.07 Å². The Morgan fingerprint density at radius 3 is 2.79 bits per heavy atom. The molecule has 0 amide bonds. The highest BCUT2D eigenvalue weighted by molar-refractivity contribution is 14.1. The Morgan fingerprint density at radius 1 is 1.64 bits per heavy atom. The molecular formula is C9H6INO2S. The van der Waals surface area contributed by atoms with Crippen LogP contribution in [0.2, 0.25) is 0 Å². The van der Waals surface area contributed by atoms with Crippen molar-refractivity contribution in [3.8, 4) is 6.07 Å². The lowest BCUT2D eigenvalue weighted by Crippen LogP contribution is -2.06. The third kappa shape index (κ3) is 2.01. The van der Waals surface area contributed by atoms with E-state index in [1.807, 2.05) is 28.7 Å². The van der Waals surface area contributed by atoms with Crippen LogP contribution in [-0.2, 0) is 4.74 Å². The van der Waals surface area contributed by atoms with E-state index in [-0.39, 0.29) is 11.1 Å². The van der Waals surface area contributed by atoms with Crippen molar-refractivity contribution < 1.29 is 9.53 Å². The zero-order valence-corrected chi connectivity index (χ0v) is 10.3. The molecule has 0 aliphatic carbocycles. The van der Waals surface area contributed by atoms with Crippen LogP contribution in [0, 0.1) is 14.9 Å². The van der Waals surface area contributed by atoms with E-state index in [1.165, 1.54) is 7.11 Å². The molecule has 1 aromatic rings. The summed E-state index contributed by atoms with van der Waals surface area (Å²) in [7, 11) is 1.27. The Kier molecular flexibility index (Phi) is 3.77. The average Bonchev–Trinajstić information content (AvgIpc) is 2.20. The summed E-state index contributed by atoms with van der Waals surface area (Å²) in [6, 6.07) is 5.23. The molecule has 72 valence electrons. The van der Waals surface area contributed by atoms with Gasteiger partial charge in [-0.15, -0.1) is 12.6 Å². The second-order valence-corrected chi connectivity index (χ2v) is 4.03. The van der Waals surface area contributed by atoms with Gasteiger partial charge in [0.2, 0.25) is 0 Å². The van der Waals surface area contributed by atoms with Gasteiger partial charge >= 0.3 is 5.97 Å². The van der Waals surface area contributed by atoms with Crippen LogP contribution in [0.5, 0.6) is 0 Å². The van der Waals surface area contributed by atoms with E-state index in [4.69, 9.17) is 5.26 Å². The maximum Gasteiger partial charge on any atom is 0.340 e. The summed E-state index contributed by atoms with van der Waals surface area (Å²) < 4.78 is 5.38. The van der Waals surface area contributed by atoms with Gasteiger partial charge in [-0.2, -0.15) is 5.26 Å². The van der Waals surface area contributed by atoms with Crippen LogP contribution in [0.1, 0.15) is 15.9 Å². The van der Waals surface area contributed by atoms with E-state index >= 15 is 0 Å². The minimum atomic E-state index is -0.537. The average molecular weight is 319 g/mol. The molecule has 0 saturated heterocycles. The van der Waals surface area contributed by atoms with Crippen molar-refractivity contribution in [1.82, 2.24) is 0 Å². The van der Waals surface area contributed by atoms with Gasteiger partial charge in [0.15, 0.2) is 0 Å². The number of rotatable bonds is 1. The molecule has 0 aliphatic heterocycles. The lowest BCUT2D eigenvalue weighted by Gasteiger charge is -2.06. The lowest BCUT2D eigenvalue weighted by molar-refractivity contribution is 0.0596. The predicted octanol–water partition coefficient (Wildman–Crippen LogP) is 2.24. The molecule has 0 bridgehead atoms. The molecule has 0 N–H and O–H groups in total. The Labute approximate surface area is 101 Å². The minimum Gasteiger partial charge on any atom is -0.465 e. The number of ether oxygens (including phenoxy) is 1. The molecule has 1 aromatic carbocycles. The molecule has 0 atom stereocenters. The van der Waals surface area contributed by atoms with Gasteiger partial charge in [-0.3, -0.25) is 0 Å². The van der Waals surface area contributed by atoms with Crippen LogP contribution in [0.3, 0.4) is 0 Å². The second kappa shape index (κ2) is 4.66. The van der Waals surface area contributed by atoms with Gasteiger partial charge < -0.3 is 4.74 Å². The lowest BCUT2D eigenvalue weighted by atomic mass is 10.1. The maximum absolute atomic E-state index is 11.3. The topological polar surface area (TPSA) is 50.1 Å². The number of nitriles is 1. The molecule has 0 fully saturated rings. The normalized spacial score (nSPS) is 9.29. The molecule has 0 unspecified atom stereocenters.